The third-order valence-electron chi connectivity index (χ3n) is 3.31. The first-order valence-corrected chi connectivity index (χ1v) is 11.3. The molecular formula is C13H30N4O4S2. The van der Waals surface area contributed by atoms with E-state index in [2.05, 4.69) is 15.6 Å². The van der Waals surface area contributed by atoms with Gasteiger partial charge in [-0.2, -0.15) is 0 Å². The molecule has 10 heteroatoms. The molecule has 0 aliphatic heterocycles. The second-order valence-electron chi connectivity index (χ2n) is 5.54. The largest absolute Gasteiger partial charge is 0.356 e. The van der Waals surface area contributed by atoms with Crippen molar-refractivity contribution < 1.29 is 16.8 Å². The zero-order chi connectivity index (χ0) is 18.1. The van der Waals surface area contributed by atoms with Crippen molar-refractivity contribution in [3.63, 3.8) is 0 Å². The molecule has 0 fully saturated rings. The van der Waals surface area contributed by atoms with Crippen LogP contribution >= 0.6 is 0 Å². The number of guanidine groups is 1. The summed E-state index contributed by atoms with van der Waals surface area (Å²) in [7, 11) is -2.91. The molecule has 0 saturated heterocycles. The molecule has 0 aromatic rings. The molecule has 2 N–H and O–H groups in total. The molecule has 8 nitrogen and oxygen atoms in total. The van der Waals surface area contributed by atoms with Gasteiger partial charge < -0.3 is 10.6 Å². The normalized spacial score (nSPS) is 14.8. The summed E-state index contributed by atoms with van der Waals surface area (Å²) in [6.45, 7) is 4.51. The average Bonchev–Trinajstić information content (AvgIpc) is 2.47. The van der Waals surface area contributed by atoms with Gasteiger partial charge in [0.1, 0.15) is 9.84 Å². The lowest BCUT2D eigenvalue weighted by Crippen LogP contribution is -2.43. The van der Waals surface area contributed by atoms with Crippen molar-refractivity contribution >= 4 is 25.8 Å². The number of sulfonamides is 1. The van der Waals surface area contributed by atoms with Gasteiger partial charge in [0.05, 0.1) is 11.5 Å². The van der Waals surface area contributed by atoms with Gasteiger partial charge in [0.2, 0.25) is 10.0 Å². The van der Waals surface area contributed by atoms with Gasteiger partial charge in [0.25, 0.3) is 0 Å². The second-order valence-corrected chi connectivity index (χ2v) is 10.2. The minimum absolute atomic E-state index is 0.0286. The number of sulfone groups is 1. The van der Waals surface area contributed by atoms with Crippen molar-refractivity contribution in [2.24, 2.45) is 4.99 Å². The van der Waals surface area contributed by atoms with Crippen molar-refractivity contribution in [2.45, 2.75) is 32.7 Å². The Morgan fingerprint density at radius 1 is 1.26 bits per heavy atom. The molecule has 0 spiro atoms. The lowest BCUT2D eigenvalue weighted by atomic mass is 10.3. The van der Waals surface area contributed by atoms with Crippen LogP contribution in [0.1, 0.15) is 26.7 Å². The van der Waals surface area contributed by atoms with Crippen molar-refractivity contribution in [1.82, 2.24) is 14.9 Å². The standard InChI is InChI=1S/C13H30N4O4S2/c1-6-23(20,21)17(4)10-7-9-15-13(14-3)16-12(2)8-11-22(5,18)19/h12H,6-11H2,1-5H3,(H2,14,15,16). The van der Waals surface area contributed by atoms with Crippen molar-refractivity contribution in [3.05, 3.63) is 0 Å². The molecule has 0 amide bonds. The monoisotopic (exact) mass is 370 g/mol. The number of rotatable bonds is 10. The predicted molar refractivity (Wildman–Crippen MR) is 95.0 cm³/mol. The molecule has 23 heavy (non-hydrogen) atoms. The molecule has 0 rings (SSSR count). The average molecular weight is 371 g/mol. The van der Waals surface area contributed by atoms with Crippen LogP contribution in [0.15, 0.2) is 4.99 Å². The molecule has 1 unspecified atom stereocenters. The highest BCUT2D eigenvalue weighted by molar-refractivity contribution is 7.90. The highest BCUT2D eigenvalue weighted by atomic mass is 32.2. The summed E-state index contributed by atoms with van der Waals surface area (Å²) < 4.78 is 46.8. The van der Waals surface area contributed by atoms with Gasteiger partial charge in [0, 0.05) is 39.5 Å². The lowest BCUT2D eigenvalue weighted by molar-refractivity contribution is 0.461. The van der Waals surface area contributed by atoms with E-state index < -0.39 is 19.9 Å². The van der Waals surface area contributed by atoms with E-state index in [-0.39, 0.29) is 17.5 Å². The first kappa shape index (κ1) is 22.1. The quantitative estimate of drug-likeness (QED) is 0.309. The molecule has 0 aliphatic carbocycles. The van der Waals surface area contributed by atoms with Crippen LogP contribution in [-0.2, 0) is 19.9 Å². The topological polar surface area (TPSA) is 108 Å². The number of nitrogens with zero attached hydrogens (tertiary/aromatic N) is 2. The highest BCUT2D eigenvalue weighted by Gasteiger charge is 2.14. The number of aliphatic imine (C=N–C) groups is 1. The van der Waals surface area contributed by atoms with E-state index >= 15 is 0 Å². The molecule has 0 radical (unpaired) electrons. The number of nitrogens with one attached hydrogen (secondary N) is 2. The Bertz CT molecular complexity index is 573. The summed E-state index contributed by atoms with van der Waals surface area (Å²) in [4.78, 5) is 4.07. The summed E-state index contributed by atoms with van der Waals surface area (Å²) in [5, 5.41) is 6.20. The van der Waals surface area contributed by atoms with Crippen LogP contribution in [0.4, 0.5) is 0 Å². The Labute approximate surface area is 140 Å². The Kier molecular flexibility index (Phi) is 9.71. The summed E-state index contributed by atoms with van der Waals surface area (Å²) in [5.41, 5.74) is 0. The van der Waals surface area contributed by atoms with Crippen LogP contribution in [0.3, 0.4) is 0 Å². The van der Waals surface area contributed by atoms with Crippen molar-refractivity contribution in [3.8, 4) is 0 Å². The molecule has 138 valence electrons. The van der Waals surface area contributed by atoms with Crippen molar-refractivity contribution in [2.75, 3.05) is 44.9 Å². The first-order chi connectivity index (χ1) is 10.5. The lowest BCUT2D eigenvalue weighted by Gasteiger charge is -2.19. The molecule has 0 bridgehead atoms. The van der Waals surface area contributed by atoms with Crippen LogP contribution in [-0.4, -0.2) is 78.1 Å². The van der Waals surface area contributed by atoms with E-state index in [0.29, 0.717) is 31.9 Å². The Morgan fingerprint density at radius 3 is 2.35 bits per heavy atom. The number of hydrogen-bond donors (Lipinski definition) is 2. The van der Waals surface area contributed by atoms with E-state index in [9.17, 15) is 16.8 Å². The maximum absolute atomic E-state index is 11.6. The molecule has 0 aliphatic rings. The fourth-order valence-electron chi connectivity index (χ4n) is 1.76. The van der Waals surface area contributed by atoms with Gasteiger partial charge in [-0.05, 0) is 26.7 Å². The third kappa shape index (κ3) is 10.5. The molecule has 0 heterocycles. The van der Waals surface area contributed by atoms with Gasteiger partial charge in [-0.15, -0.1) is 0 Å². The SMILES string of the molecule is CCS(=O)(=O)N(C)CCCNC(=NC)NC(C)CCS(C)(=O)=O. The zero-order valence-corrected chi connectivity index (χ0v) is 16.3. The smallest absolute Gasteiger partial charge is 0.213 e. The molecule has 1 atom stereocenters. The zero-order valence-electron chi connectivity index (χ0n) is 14.7. The van der Waals surface area contributed by atoms with Crippen LogP contribution in [0, 0.1) is 0 Å². The van der Waals surface area contributed by atoms with Gasteiger partial charge in [-0.1, -0.05) is 0 Å². The van der Waals surface area contributed by atoms with Gasteiger partial charge in [0.15, 0.2) is 5.96 Å². The van der Waals surface area contributed by atoms with Crippen LogP contribution in [0.5, 0.6) is 0 Å². The van der Waals surface area contributed by atoms with E-state index in [1.807, 2.05) is 6.92 Å². The fourth-order valence-corrected chi connectivity index (χ4v) is 3.39. The summed E-state index contributed by atoms with van der Waals surface area (Å²) in [6, 6.07) is -0.0286. The Hall–Kier alpha value is -0.870. The maximum Gasteiger partial charge on any atom is 0.213 e. The summed E-state index contributed by atoms with van der Waals surface area (Å²) in [6.07, 6.45) is 2.36. The molecule has 0 aromatic heterocycles. The highest BCUT2D eigenvalue weighted by Crippen LogP contribution is 1.98. The second kappa shape index (κ2) is 10.1. The number of hydrogen-bond acceptors (Lipinski definition) is 5. The minimum Gasteiger partial charge on any atom is -0.356 e. The van der Waals surface area contributed by atoms with E-state index in [1.54, 1.807) is 21.0 Å². The van der Waals surface area contributed by atoms with Gasteiger partial charge in [-0.3, -0.25) is 4.99 Å². The molecule has 0 saturated carbocycles. The van der Waals surface area contributed by atoms with Gasteiger partial charge in [-0.25, -0.2) is 21.1 Å². The predicted octanol–water partition coefficient (Wildman–Crippen LogP) is -0.354. The Morgan fingerprint density at radius 2 is 1.87 bits per heavy atom. The van der Waals surface area contributed by atoms with Crippen LogP contribution in [0.2, 0.25) is 0 Å². The molecular weight excluding hydrogens is 340 g/mol. The molecule has 0 aromatic carbocycles. The third-order valence-corrected chi connectivity index (χ3v) is 6.15. The van der Waals surface area contributed by atoms with E-state index in [4.69, 9.17) is 0 Å². The van der Waals surface area contributed by atoms with E-state index in [1.165, 1.54) is 10.6 Å². The van der Waals surface area contributed by atoms with Crippen LogP contribution < -0.4 is 10.6 Å². The van der Waals surface area contributed by atoms with Crippen LogP contribution in [0.25, 0.3) is 0 Å². The van der Waals surface area contributed by atoms with Gasteiger partial charge >= 0.3 is 0 Å². The minimum atomic E-state index is -3.14. The fraction of sp³-hybridized carbons (Fsp3) is 0.923. The maximum atomic E-state index is 11.6. The Balaban J connectivity index is 4.13. The van der Waals surface area contributed by atoms with E-state index in [0.717, 1.165) is 0 Å². The first-order valence-electron chi connectivity index (χ1n) is 7.60. The summed E-state index contributed by atoms with van der Waals surface area (Å²) in [5.74, 6) is 0.794. The van der Waals surface area contributed by atoms with Crippen molar-refractivity contribution in [1.29, 1.82) is 0 Å². The summed E-state index contributed by atoms with van der Waals surface area (Å²) >= 11 is 0.